The molecule has 0 fully saturated rings. The van der Waals surface area contributed by atoms with Crippen LogP contribution in [-0.2, 0) is 22.6 Å². The van der Waals surface area contributed by atoms with Gasteiger partial charge >= 0.3 is 6.18 Å². The molecule has 152 valence electrons. The first-order chi connectivity index (χ1) is 13.4. The average molecular weight is 424 g/mol. The molecule has 0 atom stereocenters. The monoisotopic (exact) mass is 424 g/mol. The smallest absolute Gasteiger partial charge is 0.399 e. The third-order valence-electron chi connectivity index (χ3n) is 3.94. The van der Waals surface area contributed by atoms with E-state index in [4.69, 9.17) is 5.73 Å². The Bertz CT molecular complexity index is 1220. The third kappa shape index (κ3) is 4.80. The number of pyridine rings is 1. The van der Waals surface area contributed by atoms with Gasteiger partial charge in [0.1, 0.15) is 5.69 Å². The minimum Gasteiger partial charge on any atom is -0.399 e. The van der Waals surface area contributed by atoms with Gasteiger partial charge in [0.05, 0.1) is 12.2 Å². The van der Waals surface area contributed by atoms with Gasteiger partial charge in [0.15, 0.2) is 0 Å². The summed E-state index contributed by atoms with van der Waals surface area (Å²) in [4.78, 5) is 19.0. The highest BCUT2D eigenvalue weighted by molar-refractivity contribution is 7.90. The summed E-state index contributed by atoms with van der Waals surface area (Å²) in [6, 6.07) is 9.82. The number of hydrogen-bond donors (Lipinski definition) is 1. The van der Waals surface area contributed by atoms with Gasteiger partial charge < -0.3 is 10.3 Å². The van der Waals surface area contributed by atoms with E-state index in [1.54, 1.807) is 24.3 Å². The van der Waals surface area contributed by atoms with Crippen molar-refractivity contribution in [2.24, 2.45) is 0 Å². The maximum Gasteiger partial charge on any atom is 0.433 e. The highest BCUT2D eigenvalue weighted by Gasteiger charge is 2.35. The number of hydrogen-bond acceptors (Lipinski definition) is 6. The van der Waals surface area contributed by atoms with Crippen molar-refractivity contribution in [3.63, 3.8) is 0 Å². The van der Waals surface area contributed by atoms with Gasteiger partial charge in [-0.15, -0.1) is 0 Å². The maximum absolute atomic E-state index is 13.2. The summed E-state index contributed by atoms with van der Waals surface area (Å²) < 4.78 is 64.2. The van der Waals surface area contributed by atoms with Crippen LogP contribution in [0.5, 0.6) is 0 Å². The standard InChI is InChI=1S/C18H15F3N4O3S/c1-29(27,28)17-23-14(8-15(24-17)18(19,20)21)12-4-7-16(26)25(10-12)9-11-2-5-13(22)6-3-11/h2-8,10H,9,22H2,1H3. The summed E-state index contributed by atoms with van der Waals surface area (Å²) in [5.74, 6) is 0. The zero-order valence-corrected chi connectivity index (χ0v) is 15.8. The van der Waals surface area contributed by atoms with Gasteiger partial charge in [0, 0.05) is 29.8 Å². The summed E-state index contributed by atoms with van der Waals surface area (Å²) in [5.41, 5.74) is 5.01. The van der Waals surface area contributed by atoms with Crippen LogP contribution in [0.1, 0.15) is 11.3 Å². The van der Waals surface area contributed by atoms with E-state index in [0.717, 1.165) is 5.56 Å². The van der Waals surface area contributed by atoms with Crippen LogP contribution in [0, 0.1) is 0 Å². The Labute approximate surface area is 163 Å². The summed E-state index contributed by atoms with van der Waals surface area (Å²) in [6.07, 6.45) is -2.84. The van der Waals surface area contributed by atoms with Crippen LogP contribution in [0.4, 0.5) is 18.9 Å². The average Bonchev–Trinajstić information content (AvgIpc) is 2.63. The largest absolute Gasteiger partial charge is 0.433 e. The molecule has 0 aliphatic rings. The second-order valence-electron chi connectivity index (χ2n) is 6.32. The van der Waals surface area contributed by atoms with Crippen LogP contribution >= 0.6 is 0 Å². The molecule has 0 amide bonds. The predicted molar refractivity (Wildman–Crippen MR) is 99.8 cm³/mol. The lowest BCUT2D eigenvalue weighted by Crippen LogP contribution is -2.19. The summed E-state index contributed by atoms with van der Waals surface area (Å²) in [5, 5.41) is -0.946. The zero-order valence-electron chi connectivity index (χ0n) is 15.0. The molecule has 0 aliphatic carbocycles. The highest BCUT2D eigenvalue weighted by Crippen LogP contribution is 2.30. The molecule has 0 bridgehead atoms. The first-order valence-corrected chi connectivity index (χ1v) is 10.0. The van der Waals surface area contributed by atoms with E-state index in [1.807, 2.05) is 0 Å². The number of nitrogen functional groups attached to an aromatic ring is 1. The van der Waals surface area contributed by atoms with Crippen molar-refractivity contribution < 1.29 is 21.6 Å². The molecule has 0 saturated heterocycles. The fourth-order valence-electron chi connectivity index (χ4n) is 2.51. The molecule has 3 aromatic rings. The Morgan fingerprint density at radius 2 is 1.72 bits per heavy atom. The number of nitrogens with two attached hydrogens (primary N) is 1. The molecular formula is C18H15F3N4O3S. The summed E-state index contributed by atoms with van der Waals surface area (Å²) in [6.45, 7) is 0.142. The highest BCUT2D eigenvalue weighted by atomic mass is 32.2. The number of anilines is 1. The van der Waals surface area contributed by atoms with E-state index >= 15 is 0 Å². The lowest BCUT2D eigenvalue weighted by Gasteiger charge is -2.12. The second-order valence-corrected chi connectivity index (χ2v) is 8.23. The number of rotatable bonds is 4. The number of halogens is 3. The molecule has 7 nitrogen and oxygen atoms in total. The van der Waals surface area contributed by atoms with Crippen LogP contribution < -0.4 is 11.3 Å². The van der Waals surface area contributed by atoms with E-state index < -0.39 is 26.9 Å². The van der Waals surface area contributed by atoms with E-state index in [9.17, 15) is 26.4 Å². The molecule has 2 N–H and O–H groups in total. The molecule has 2 aromatic heterocycles. The Morgan fingerprint density at radius 1 is 1.07 bits per heavy atom. The minimum absolute atomic E-state index is 0.137. The molecule has 11 heteroatoms. The van der Waals surface area contributed by atoms with Crippen molar-refractivity contribution in [3.8, 4) is 11.3 Å². The zero-order chi connectivity index (χ0) is 21.4. The Morgan fingerprint density at radius 3 is 2.31 bits per heavy atom. The molecule has 3 rings (SSSR count). The van der Waals surface area contributed by atoms with Gasteiger partial charge in [-0.2, -0.15) is 13.2 Å². The van der Waals surface area contributed by atoms with E-state index in [-0.39, 0.29) is 23.4 Å². The Hall–Kier alpha value is -3.21. The van der Waals surface area contributed by atoms with Crippen molar-refractivity contribution in [1.82, 2.24) is 14.5 Å². The molecule has 2 heterocycles. The SMILES string of the molecule is CS(=O)(=O)c1nc(-c2ccc(=O)n(Cc3ccc(N)cc3)c2)cc(C(F)(F)F)n1. The van der Waals surface area contributed by atoms with E-state index in [0.29, 0.717) is 18.0 Å². The van der Waals surface area contributed by atoms with Crippen LogP contribution in [0.3, 0.4) is 0 Å². The van der Waals surface area contributed by atoms with E-state index in [2.05, 4.69) is 9.97 Å². The van der Waals surface area contributed by atoms with Gasteiger partial charge in [0.25, 0.3) is 5.56 Å². The summed E-state index contributed by atoms with van der Waals surface area (Å²) in [7, 11) is -4.09. The first-order valence-electron chi connectivity index (χ1n) is 8.15. The van der Waals surface area contributed by atoms with Crippen molar-refractivity contribution >= 4 is 15.5 Å². The van der Waals surface area contributed by atoms with Crippen molar-refractivity contribution in [2.45, 2.75) is 17.9 Å². The topological polar surface area (TPSA) is 108 Å². The third-order valence-corrected chi connectivity index (χ3v) is 4.79. The molecule has 0 radical (unpaired) electrons. The maximum atomic E-state index is 13.2. The van der Waals surface area contributed by atoms with E-state index in [1.165, 1.54) is 22.9 Å². The Kier molecular flexibility index (Phi) is 5.18. The van der Waals surface area contributed by atoms with Gasteiger partial charge in [-0.25, -0.2) is 18.4 Å². The molecule has 1 aromatic carbocycles. The molecule has 29 heavy (non-hydrogen) atoms. The van der Waals surface area contributed by atoms with Crippen LogP contribution in [0.2, 0.25) is 0 Å². The quantitative estimate of drug-likeness (QED) is 0.509. The van der Waals surface area contributed by atoms with Crippen LogP contribution in [-0.4, -0.2) is 29.2 Å². The van der Waals surface area contributed by atoms with Crippen LogP contribution in [0.25, 0.3) is 11.3 Å². The number of nitrogens with zero attached hydrogens (tertiary/aromatic N) is 3. The molecular weight excluding hydrogens is 409 g/mol. The summed E-state index contributed by atoms with van der Waals surface area (Å²) >= 11 is 0. The molecule has 0 unspecified atom stereocenters. The van der Waals surface area contributed by atoms with Gasteiger partial charge in [-0.3, -0.25) is 4.79 Å². The number of aromatic nitrogens is 3. The number of benzene rings is 1. The fraction of sp³-hybridized carbons (Fsp3) is 0.167. The normalized spacial score (nSPS) is 12.1. The predicted octanol–water partition coefficient (Wildman–Crippen LogP) is 2.36. The molecule has 0 saturated carbocycles. The van der Waals surface area contributed by atoms with Gasteiger partial charge in [0.2, 0.25) is 15.0 Å². The van der Waals surface area contributed by atoms with Crippen molar-refractivity contribution in [3.05, 3.63) is 70.3 Å². The van der Waals surface area contributed by atoms with Crippen molar-refractivity contribution in [2.75, 3.05) is 12.0 Å². The van der Waals surface area contributed by atoms with Gasteiger partial charge in [-0.1, -0.05) is 12.1 Å². The minimum atomic E-state index is -4.87. The van der Waals surface area contributed by atoms with Crippen molar-refractivity contribution in [1.29, 1.82) is 0 Å². The molecule has 0 spiro atoms. The molecule has 0 aliphatic heterocycles. The fourth-order valence-corrected chi connectivity index (χ4v) is 3.04. The number of sulfone groups is 1. The number of alkyl halides is 3. The second kappa shape index (κ2) is 7.32. The first kappa shape index (κ1) is 20.5. The lowest BCUT2D eigenvalue weighted by molar-refractivity contribution is -0.141. The van der Waals surface area contributed by atoms with Gasteiger partial charge in [-0.05, 0) is 29.8 Å². The Balaban J connectivity index is 2.11. The lowest BCUT2D eigenvalue weighted by atomic mass is 10.1. The van der Waals surface area contributed by atoms with Crippen LogP contribution in [0.15, 0.2) is 58.6 Å².